The van der Waals surface area contributed by atoms with Gasteiger partial charge in [-0.1, -0.05) is 172 Å². The highest BCUT2D eigenvalue weighted by Gasteiger charge is 2.38. The highest BCUT2D eigenvalue weighted by Crippen LogP contribution is 2.55. The van der Waals surface area contributed by atoms with Crippen LogP contribution in [0.15, 0.2) is 176 Å². The third kappa shape index (κ3) is 5.16. The minimum atomic E-state index is -0.120. The maximum atomic E-state index is 4.98. The molecule has 1 aliphatic rings. The Kier molecular flexibility index (Phi) is 7.16. The third-order valence-corrected chi connectivity index (χ3v) is 10.9. The zero-order valence-electron chi connectivity index (χ0n) is 29.6. The molecule has 0 saturated heterocycles. The van der Waals surface area contributed by atoms with E-state index in [-0.39, 0.29) is 5.41 Å². The second-order valence-electron chi connectivity index (χ2n) is 14.4. The van der Waals surface area contributed by atoms with E-state index >= 15 is 0 Å². The Morgan fingerprint density at radius 2 is 0.755 bits per heavy atom. The van der Waals surface area contributed by atoms with E-state index in [2.05, 4.69) is 129 Å². The number of aromatic nitrogens is 3. The van der Waals surface area contributed by atoms with Gasteiger partial charge in [0.2, 0.25) is 0 Å². The van der Waals surface area contributed by atoms with Crippen molar-refractivity contribution in [2.24, 2.45) is 0 Å². The van der Waals surface area contributed by atoms with Crippen LogP contribution < -0.4 is 0 Å². The normalized spacial score (nSPS) is 12.9. The van der Waals surface area contributed by atoms with Crippen LogP contribution in [0.5, 0.6) is 0 Å². The largest absolute Gasteiger partial charge is 0.208 e. The molecule has 1 heterocycles. The monoisotopic (exact) mass is 677 g/mol. The van der Waals surface area contributed by atoms with Crippen molar-refractivity contribution in [2.75, 3.05) is 0 Å². The van der Waals surface area contributed by atoms with Crippen molar-refractivity contribution in [1.82, 2.24) is 15.0 Å². The van der Waals surface area contributed by atoms with E-state index in [9.17, 15) is 0 Å². The highest BCUT2D eigenvalue weighted by molar-refractivity contribution is 6.18. The maximum Gasteiger partial charge on any atom is 0.164 e. The molecular formula is C50H35N3. The van der Waals surface area contributed by atoms with Crippen LogP contribution in [-0.4, -0.2) is 15.0 Å². The van der Waals surface area contributed by atoms with E-state index < -0.39 is 0 Å². The molecule has 8 aromatic carbocycles. The topological polar surface area (TPSA) is 38.7 Å². The van der Waals surface area contributed by atoms with Gasteiger partial charge in [-0.05, 0) is 84.3 Å². The Morgan fingerprint density at radius 1 is 0.340 bits per heavy atom. The van der Waals surface area contributed by atoms with Crippen LogP contribution >= 0.6 is 0 Å². The molecule has 0 radical (unpaired) electrons. The van der Waals surface area contributed by atoms with E-state index in [1.54, 1.807) is 0 Å². The van der Waals surface area contributed by atoms with Gasteiger partial charge in [-0.3, -0.25) is 0 Å². The fraction of sp³-hybridized carbons (Fsp3) is 0.0600. The Hall–Kier alpha value is -6.71. The molecule has 10 rings (SSSR count). The van der Waals surface area contributed by atoms with Gasteiger partial charge in [-0.2, -0.15) is 0 Å². The average Bonchev–Trinajstić information content (AvgIpc) is 3.47. The molecule has 0 spiro atoms. The number of benzene rings is 8. The highest BCUT2D eigenvalue weighted by atomic mass is 15.0. The fourth-order valence-electron chi connectivity index (χ4n) is 8.33. The lowest BCUT2D eigenvalue weighted by molar-refractivity contribution is 0.666. The predicted molar refractivity (Wildman–Crippen MR) is 220 cm³/mol. The first-order chi connectivity index (χ1) is 26.0. The summed E-state index contributed by atoms with van der Waals surface area (Å²) >= 11 is 0. The first-order valence-electron chi connectivity index (χ1n) is 18.2. The van der Waals surface area contributed by atoms with Crippen LogP contribution in [0.1, 0.15) is 25.0 Å². The SMILES string of the molecule is CC1(C)c2ccc(-c3cccc(-c4cccc(-c5nc(-c6ccccc6)nc(-c6ccccc6)n5)c4)c3)cc2-c2c1c1ccccc1c1ccccc21. The van der Waals surface area contributed by atoms with Crippen molar-refractivity contribution in [1.29, 1.82) is 0 Å². The van der Waals surface area contributed by atoms with Crippen molar-refractivity contribution >= 4 is 21.5 Å². The van der Waals surface area contributed by atoms with Crippen molar-refractivity contribution in [2.45, 2.75) is 19.3 Å². The summed E-state index contributed by atoms with van der Waals surface area (Å²) in [4.78, 5) is 14.8. The number of hydrogen-bond acceptors (Lipinski definition) is 3. The quantitative estimate of drug-likeness (QED) is 0.170. The second kappa shape index (κ2) is 12.2. The molecule has 3 nitrogen and oxygen atoms in total. The first kappa shape index (κ1) is 31.1. The lowest BCUT2D eigenvalue weighted by atomic mass is 9.79. The Bertz CT molecular complexity index is 2800. The van der Waals surface area contributed by atoms with Gasteiger partial charge in [0.25, 0.3) is 0 Å². The number of rotatable bonds is 5. The molecular weight excluding hydrogens is 643 g/mol. The summed E-state index contributed by atoms with van der Waals surface area (Å²) in [6.07, 6.45) is 0. The Balaban J connectivity index is 1.07. The van der Waals surface area contributed by atoms with Gasteiger partial charge in [0.15, 0.2) is 17.5 Å². The van der Waals surface area contributed by atoms with E-state index in [1.165, 1.54) is 54.9 Å². The maximum absolute atomic E-state index is 4.98. The molecule has 0 N–H and O–H groups in total. The first-order valence-corrected chi connectivity index (χ1v) is 18.2. The summed E-state index contributed by atoms with van der Waals surface area (Å²) in [5.41, 5.74) is 12.9. The zero-order valence-corrected chi connectivity index (χ0v) is 29.6. The summed E-state index contributed by atoms with van der Waals surface area (Å²) < 4.78 is 0. The van der Waals surface area contributed by atoms with Crippen molar-refractivity contribution < 1.29 is 0 Å². The number of nitrogens with zero attached hydrogens (tertiary/aromatic N) is 3. The number of hydrogen-bond donors (Lipinski definition) is 0. The standard InChI is InChI=1S/C50H35N3/c1-50(2)44-28-27-37(31-43(44)45-41-25-11-9-23-39(41)40-24-10-12-26-42(40)46(45)50)35-20-13-19-34(29-35)36-21-14-22-38(30-36)49-52-47(32-15-5-3-6-16-32)51-48(53-49)33-17-7-4-8-18-33/h3-31H,1-2H3. The van der Waals surface area contributed by atoms with Crippen LogP contribution in [0.4, 0.5) is 0 Å². The molecule has 53 heavy (non-hydrogen) atoms. The van der Waals surface area contributed by atoms with Crippen LogP contribution in [0.2, 0.25) is 0 Å². The summed E-state index contributed by atoms with van der Waals surface area (Å²) in [5, 5.41) is 5.29. The van der Waals surface area contributed by atoms with Gasteiger partial charge in [0.1, 0.15) is 0 Å². The second-order valence-corrected chi connectivity index (χ2v) is 14.4. The van der Waals surface area contributed by atoms with Crippen molar-refractivity contribution in [3.05, 3.63) is 187 Å². The lowest BCUT2D eigenvalue weighted by Gasteiger charge is -2.24. The third-order valence-electron chi connectivity index (χ3n) is 10.9. The minimum absolute atomic E-state index is 0.120. The van der Waals surface area contributed by atoms with Crippen LogP contribution in [0.3, 0.4) is 0 Å². The van der Waals surface area contributed by atoms with E-state index in [4.69, 9.17) is 15.0 Å². The van der Waals surface area contributed by atoms with Crippen molar-refractivity contribution in [3.8, 4) is 67.5 Å². The average molecular weight is 678 g/mol. The van der Waals surface area contributed by atoms with Gasteiger partial charge in [0, 0.05) is 22.1 Å². The molecule has 0 aliphatic heterocycles. The number of fused-ring (bicyclic) bond motifs is 8. The summed E-state index contributed by atoms with van der Waals surface area (Å²) in [6.45, 7) is 4.76. The molecule has 0 bridgehead atoms. The Labute approximate surface area is 309 Å². The van der Waals surface area contributed by atoms with Gasteiger partial charge in [-0.15, -0.1) is 0 Å². The smallest absolute Gasteiger partial charge is 0.164 e. The molecule has 0 unspecified atom stereocenters. The van der Waals surface area contributed by atoms with Crippen LogP contribution in [0.25, 0.3) is 89.1 Å². The molecule has 0 amide bonds. The summed E-state index contributed by atoms with van der Waals surface area (Å²) in [5.74, 6) is 1.96. The molecule has 0 atom stereocenters. The van der Waals surface area contributed by atoms with Crippen LogP contribution in [-0.2, 0) is 5.41 Å². The molecule has 9 aromatic rings. The summed E-state index contributed by atoms with van der Waals surface area (Å²) in [6, 6.07) is 62.5. The fourth-order valence-corrected chi connectivity index (χ4v) is 8.33. The van der Waals surface area contributed by atoms with Gasteiger partial charge in [0.05, 0.1) is 0 Å². The molecule has 1 aromatic heterocycles. The molecule has 0 fully saturated rings. The molecule has 250 valence electrons. The molecule has 0 saturated carbocycles. The van der Waals surface area contributed by atoms with E-state index in [1.807, 2.05) is 60.7 Å². The lowest BCUT2D eigenvalue weighted by Crippen LogP contribution is -2.15. The van der Waals surface area contributed by atoms with E-state index in [0.717, 1.165) is 27.8 Å². The van der Waals surface area contributed by atoms with Gasteiger partial charge < -0.3 is 0 Å². The predicted octanol–water partition coefficient (Wildman–Crippen LogP) is 12.8. The Morgan fingerprint density at radius 3 is 1.34 bits per heavy atom. The minimum Gasteiger partial charge on any atom is -0.208 e. The summed E-state index contributed by atoms with van der Waals surface area (Å²) in [7, 11) is 0. The van der Waals surface area contributed by atoms with Crippen molar-refractivity contribution in [3.63, 3.8) is 0 Å². The van der Waals surface area contributed by atoms with Gasteiger partial charge >= 0.3 is 0 Å². The molecule has 3 heteroatoms. The van der Waals surface area contributed by atoms with E-state index in [0.29, 0.717) is 17.5 Å². The van der Waals surface area contributed by atoms with Gasteiger partial charge in [-0.25, -0.2) is 15.0 Å². The molecule has 1 aliphatic carbocycles. The zero-order chi connectivity index (χ0) is 35.5. The van der Waals surface area contributed by atoms with Crippen LogP contribution in [0, 0.1) is 0 Å².